The lowest BCUT2D eigenvalue weighted by molar-refractivity contribution is -0.679. The Kier molecular flexibility index (Phi) is 1.10. The predicted molar refractivity (Wildman–Crippen MR) is 38.6 cm³/mol. The summed E-state index contributed by atoms with van der Waals surface area (Å²) < 4.78 is 4.56. The molecule has 1 aromatic rings. The minimum atomic E-state index is 0.750. The summed E-state index contributed by atoms with van der Waals surface area (Å²) in [7, 11) is 2.12. The molecule has 0 N–H and O–H groups in total. The number of hydrogen-bond acceptors (Lipinski definition) is 0. The molecule has 2 nitrogen and oxygen atoms in total. The lowest BCUT2D eigenvalue weighted by Gasteiger charge is -1.94. The highest BCUT2D eigenvalue weighted by atomic mass is 15.2. The second kappa shape index (κ2) is 1.84. The Morgan fingerprint density at radius 1 is 1.70 bits per heavy atom. The summed E-state index contributed by atoms with van der Waals surface area (Å²) >= 11 is 0. The van der Waals surface area contributed by atoms with Gasteiger partial charge in [0, 0.05) is 0 Å². The van der Waals surface area contributed by atoms with E-state index in [0.29, 0.717) is 0 Å². The van der Waals surface area contributed by atoms with Gasteiger partial charge in [0.05, 0.1) is 19.5 Å². The summed E-state index contributed by atoms with van der Waals surface area (Å²) in [5.41, 5.74) is 0. The van der Waals surface area contributed by atoms with Gasteiger partial charge in [-0.25, -0.2) is 9.13 Å². The van der Waals surface area contributed by atoms with E-state index in [1.54, 1.807) is 0 Å². The first-order valence-electron chi connectivity index (χ1n) is 3.83. The minimum absolute atomic E-state index is 0.750. The number of rotatable bonds is 0. The molecule has 1 aliphatic heterocycles. The smallest absolute Gasteiger partial charge is 0.237 e. The molecule has 54 valence electrons. The molecule has 0 aromatic carbocycles. The molecule has 2 heteroatoms. The van der Waals surface area contributed by atoms with Crippen LogP contribution in [0.4, 0.5) is 0 Å². The molecule has 0 bridgehead atoms. The van der Waals surface area contributed by atoms with Crippen LogP contribution in [0.1, 0.15) is 25.1 Å². The van der Waals surface area contributed by atoms with Crippen LogP contribution in [0, 0.1) is 0 Å². The molecule has 0 fully saturated rings. The number of hydrogen-bond donors (Lipinski definition) is 0. The van der Waals surface area contributed by atoms with E-state index in [1.807, 2.05) is 0 Å². The first-order chi connectivity index (χ1) is 4.79. The number of aryl methyl sites for hydroxylation is 2. The zero-order valence-electron chi connectivity index (χ0n) is 6.54. The highest BCUT2D eigenvalue weighted by Gasteiger charge is 2.27. The van der Waals surface area contributed by atoms with E-state index in [1.165, 1.54) is 18.8 Å². The average Bonchev–Trinajstić information content (AvgIpc) is 2.40. The molecule has 1 aliphatic rings. The van der Waals surface area contributed by atoms with Crippen molar-refractivity contribution in [3.63, 3.8) is 0 Å². The third-order valence-electron chi connectivity index (χ3n) is 2.37. The van der Waals surface area contributed by atoms with Gasteiger partial charge in [-0.3, -0.25) is 0 Å². The Labute approximate surface area is 61.1 Å². The van der Waals surface area contributed by atoms with Gasteiger partial charge in [-0.1, -0.05) is 6.92 Å². The summed E-state index contributed by atoms with van der Waals surface area (Å²) in [6.45, 7) is 3.50. The topological polar surface area (TPSA) is 8.81 Å². The normalized spacial score (nSPS) is 23.2. The van der Waals surface area contributed by atoms with E-state index in [2.05, 4.69) is 35.5 Å². The van der Waals surface area contributed by atoms with Crippen molar-refractivity contribution < 1.29 is 4.57 Å². The Balaban J connectivity index is 2.54. The largest absolute Gasteiger partial charge is 0.259 e. The maximum atomic E-state index is 2.34. The Hall–Kier alpha value is -0.790. The molecule has 0 radical (unpaired) electrons. The van der Waals surface area contributed by atoms with Crippen LogP contribution in [-0.2, 0) is 13.6 Å². The second-order valence-electron chi connectivity index (χ2n) is 3.15. The van der Waals surface area contributed by atoms with Gasteiger partial charge >= 0.3 is 0 Å². The van der Waals surface area contributed by atoms with Crippen LogP contribution in [-0.4, -0.2) is 4.57 Å². The Bertz CT molecular complexity index is 250. The van der Waals surface area contributed by atoms with E-state index < -0.39 is 0 Å². The molecule has 1 aromatic heterocycles. The van der Waals surface area contributed by atoms with E-state index in [0.717, 1.165) is 5.92 Å². The molecular formula is C8H13N2+. The summed E-state index contributed by atoms with van der Waals surface area (Å²) in [6.07, 6.45) is 5.60. The van der Waals surface area contributed by atoms with Crippen LogP contribution < -0.4 is 4.57 Å². The molecule has 1 atom stereocenters. The summed E-state index contributed by atoms with van der Waals surface area (Å²) in [5.74, 6) is 2.22. The minimum Gasteiger partial charge on any atom is -0.237 e. The van der Waals surface area contributed by atoms with Crippen LogP contribution in [0.2, 0.25) is 0 Å². The zero-order valence-corrected chi connectivity index (χ0v) is 6.54. The van der Waals surface area contributed by atoms with E-state index in [4.69, 9.17) is 0 Å². The van der Waals surface area contributed by atoms with Crippen molar-refractivity contribution in [2.45, 2.75) is 25.8 Å². The van der Waals surface area contributed by atoms with Gasteiger partial charge in [0.1, 0.15) is 12.4 Å². The monoisotopic (exact) mass is 137 g/mol. The van der Waals surface area contributed by atoms with Gasteiger partial charge < -0.3 is 0 Å². The number of aromatic nitrogens is 2. The molecule has 2 heterocycles. The maximum absolute atomic E-state index is 2.34. The first-order valence-corrected chi connectivity index (χ1v) is 3.83. The van der Waals surface area contributed by atoms with Crippen molar-refractivity contribution >= 4 is 0 Å². The molecule has 0 unspecified atom stereocenters. The molecule has 2 rings (SSSR count). The van der Waals surface area contributed by atoms with Crippen molar-refractivity contribution in [3.05, 3.63) is 18.2 Å². The maximum Gasteiger partial charge on any atom is 0.259 e. The van der Waals surface area contributed by atoms with Gasteiger partial charge in [0.2, 0.25) is 0 Å². The molecule has 0 amide bonds. The fraction of sp³-hybridized carbons (Fsp3) is 0.625. The molecule has 0 saturated carbocycles. The molecule has 0 spiro atoms. The fourth-order valence-corrected chi connectivity index (χ4v) is 1.82. The van der Waals surface area contributed by atoms with Crippen LogP contribution in [0.5, 0.6) is 0 Å². The van der Waals surface area contributed by atoms with Crippen molar-refractivity contribution in [1.29, 1.82) is 0 Å². The van der Waals surface area contributed by atoms with Crippen LogP contribution >= 0.6 is 0 Å². The number of imidazole rings is 1. The quantitative estimate of drug-likeness (QED) is 0.468. The summed E-state index contributed by atoms with van der Waals surface area (Å²) in [5, 5.41) is 0. The SMILES string of the molecule is C[C@@H]1CCn2cc[n+](C)c21. The van der Waals surface area contributed by atoms with Crippen molar-refractivity contribution in [3.8, 4) is 0 Å². The van der Waals surface area contributed by atoms with E-state index >= 15 is 0 Å². The average molecular weight is 137 g/mol. The Morgan fingerprint density at radius 3 is 3.20 bits per heavy atom. The van der Waals surface area contributed by atoms with Crippen LogP contribution in [0.25, 0.3) is 0 Å². The van der Waals surface area contributed by atoms with Gasteiger partial charge in [0.25, 0.3) is 5.82 Å². The second-order valence-corrected chi connectivity index (χ2v) is 3.15. The number of fused-ring (bicyclic) bond motifs is 1. The van der Waals surface area contributed by atoms with Crippen molar-refractivity contribution in [2.75, 3.05) is 0 Å². The Morgan fingerprint density at radius 2 is 2.50 bits per heavy atom. The summed E-state index contributed by atoms with van der Waals surface area (Å²) in [6, 6.07) is 0. The number of nitrogens with zero attached hydrogens (tertiary/aromatic N) is 2. The van der Waals surface area contributed by atoms with Crippen molar-refractivity contribution in [1.82, 2.24) is 4.57 Å². The van der Waals surface area contributed by atoms with Gasteiger partial charge in [-0.2, -0.15) is 0 Å². The van der Waals surface area contributed by atoms with Gasteiger partial charge in [-0.05, 0) is 6.42 Å². The highest BCUT2D eigenvalue weighted by Crippen LogP contribution is 2.23. The highest BCUT2D eigenvalue weighted by molar-refractivity contribution is 4.96. The third-order valence-corrected chi connectivity index (χ3v) is 2.37. The lowest BCUT2D eigenvalue weighted by atomic mass is 10.1. The van der Waals surface area contributed by atoms with Crippen molar-refractivity contribution in [2.24, 2.45) is 7.05 Å². The molecule has 10 heavy (non-hydrogen) atoms. The standard InChI is InChI=1S/C8H13N2/c1-7-3-4-10-6-5-9(2)8(7)10/h5-7H,3-4H2,1-2H3/q+1/t7-/m1/s1. The fourth-order valence-electron chi connectivity index (χ4n) is 1.82. The van der Waals surface area contributed by atoms with Gasteiger partial charge in [-0.15, -0.1) is 0 Å². The molecule has 0 saturated heterocycles. The van der Waals surface area contributed by atoms with E-state index in [9.17, 15) is 0 Å². The zero-order chi connectivity index (χ0) is 7.14. The van der Waals surface area contributed by atoms with E-state index in [-0.39, 0.29) is 0 Å². The first kappa shape index (κ1) is 5.96. The van der Waals surface area contributed by atoms with Crippen LogP contribution in [0.3, 0.4) is 0 Å². The molecule has 0 aliphatic carbocycles. The summed E-state index contributed by atoms with van der Waals surface area (Å²) in [4.78, 5) is 0. The molecular weight excluding hydrogens is 124 g/mol. The van der Waals surface area contributed by atoms with Gasteiger partial charge in [0.15, 0.2) is 0 Å². The van der Waals surface area contributed by atoms with Crippen LogP contribution in [0.15, 0.2) is 12.4 Å². The predicted octanol–water partition coefficient (Wildman–Crippen LogP) is 0.820. The third kappa shape index (κ3) is 0.618. The lowest BCUT2D eigenvalue weighted by Crippen LogP contribution is -2.31.